The van der Waals surface area contributed by atoms with Crippen molar-refractivity contribution in [2.45, 2.75) is 20.8 Å². The number of ether oxygens (including phenoxy) is 2. The van der Waals surface area contributed by atoms with Gasteiger partial charge in [0.1, 0.15) is 11.5 Å². The van der Waals surface area contributed by atoms with Crippen molar-refractivity contribution in [2.24, 2.45) is 0 Å². The second kappa shape index (κ2) is 6.55. The average Bonchev–Trinajstić information content (AvgIpc) is 2.24. The van der Waals surface area contributed by atoms with Crippen LogP contribution in [0.3, 0.4) is 0 Å². The fraction of sp³-hybridized carbons (Fsp3) is 0.455. The maximum Gasteiger partial charge on any atom is 0.126 e. The zero-order valence-electron chi connectivity index (χ0n) is 9.35. The predicted octanol–water partition coefficient (Wildman–Crippen LogP) is 3.69. The van der Waals surface area contributed by atoms with Crippen molar-refractivity contribution < 1.29 is 9.47 Å². The van der Waals surface area contributed by atoms with E-state index in [-0.39, 0.29) is 0 Å². The van der Waals surface area contributed by atoms with Crippen LogP contribution in [0.4, 0.5) is 0 Å². The topological polar surface area (TPSA) is 18.5 Å². The van der Waals surface area contributed by atoms with Gasteiger partial charge in [-0.1, -0.05) is 25.4 Å². The summed E-state index contributed by atoms with van der Waals surface area (Å²) in [6.07, 6.45) is 0. The normalized spacial score (nSPS) is 8.71. The molecule has 0 amide bonds. The van der Waals surface area contributed by atoms with Crippen molar-refractivity contribution in [3.8, 4) is 11.5 Å². The molecule has 0 heterocycles. The van der Waals surface area contributed by atoms with Crippen LogP contribution in [0.1, 0.15) is 19.4 Å². The van der Waals surface area contributed by atoms with Crippen LogP contribution in [0.5, 0.6) is 11.5 Å². The number of benzene rings is 1. The van der Waals surface area contributed by atoms with Gasteiger partial charge in [0.15, 0.2) is 0 Å². The molecule has 0 aromatic heterocycles. The maximum absolute atomic E-state index is 5.92. The minimum atomic E-state index is 0.659. The van der Waals surface area contributed by atoms with E-state index in [0.717, 1.165) is 11.3 Å². The Labute approximate surface area is 90.8 Å². The zero-order chi connectivity index (χ0) is 11.1. The largest absolute Gasteiger partial charge is 0.497 e. The molecule has 1 aromatic rings. The molecule has 14 heavy (non-hydrogen) atoms. The molecule has 0 aliphatic rings. The number of halogens is 1. The smallest absolute Gasteiger partial charge is 0.126 e. The monoisotopic (exact) mass is 216 g/mol. The molecule has 0 unspecified atom stereocenters. The van der Waals surface area contributed by atoms with E-state index < -0.39 is 0 Å². The summed E-state index contributed by atoms with van der Waals surface area (Å²) in [5.74, 6) is 1.46. The van der Waals surface area contributed by atoms with E-state index in [2.05, 4.69) is 0 Å². The molecule has 1 rings (SSSR count). The molecule has 0 aliphatic carbocycles. The van der Waals surface area contributed by atoms with E-state index in [4.69, 9.17) is 21.1 Å². The van der Waals surface area contributed by atoms with Crippen molar-refractivity contribution in [2.75, 3.05) is 14.2 Å². The Balaban J connectivity index is 0.000000791. The summed E-state index contributed by atoms with van der Waals surface area (Å²) < 4.78 is 10.1. The van der Waals surface area contributed by atoms with Crippen LogP contribution in [-0.2, 0) is 0 Å². The lowest BCUT2D eigenvalue weighted by molar-refractivity contribution is 0.392. The van der Waals surface area contributed by atoms with E-state index in [0.29, 0.717) is 10.8 Å². The minimum absolute atomic E-state index is 0.659. The molecule has 0 saturated heterocycles. The van der Waals surface area contributed by atoms with E-state index in [1.165, 1.54) is 0 Å². The third-order valence-corrected chi connectivity index (χ3v) is 2.12. The lowest BCUT2D eigenvalue weighted by atomic mass is 10.2. The van der Waals surface area contributed by atoms with Gasteiger partial charge in [-0.05, 0) is 13.0 Å². The van der Waals surface area contributed by atoms with Gasteiger partial charge in [0.05, 0.1) is 19.2 Å². The number of rotatable bonds is 2. The second-order valence-corrected chi connectivity index (χ2v) is 2.84. The van der Waals surface area contributed by atoms with Gasteiger partial charge in [-0.2, -0.15) is 0 Å². The van der Waals surface area contributed by atoms with Gasteiger partial charge in [-0.25, -0.2) is 0 Å². The Morgan fingerprint density at radius 3 is 2.07 bits per heavy atom. The molecule has 3 heteroatoms. The van der Waals surface area contributed by atoms with Crippen LogP contribution in [-0.4, -0.2) is 14.2 Å². The van der Waals surface area contributed by atoms with Crippen LogP contribution >= 0.6 is 11.6 Å². The molecular formula is C11H17ClO2. The summed E-state index contributed by atoms with van der Waals surface area (Å²) in [6, 6.07) is 3.57. The highest BCUT2D eigenvalue weighted by atomic mass is 35.5. The molecule has 0 radical (unpaired) electrons. The highest BCUT2D eigenvalue weighted by Crippen LogP contribution is 2.30. The van der Waals surface area contributed by atoms with Crippen molar-refractivity contribution in [3.05, 3.63) is 22.7 Å². The second-order valence-electron chi connectivity index (χ2n) is 2.44. The van der Waals surface area contributed by atoms with E-state index in [1.807, 2.05) is 20.8 Å². The first-order valence-corrected chi connectivity index (χ1v) is 4.95. The predicted molar refractivity (Wildman–Crippen MR) is 60.6 cm³/mol. The molecule has 80 valence electrons. The van der Waals surface area contributed by atoms with Crippen LogP contribution in [0.15, 0.2) is 12.1 Å². The van der Waals surface area contributed by atoms with Crippen LogP contribution in [0.2, 0.25) is 5.02 Å². The Morgan fingerprint density at radius 1 is 1.07 bits per heavy atom. The van der Waals surface area contributed by atoms with Gasteiger partial charge in [-0.15, -0.1) is 0 Å². The van der Waals surface area contributed by atoms with Crippen LogP contribution < -0.4 is 9.47 Å². The molecule has 0 spiro atoms. The summed E-state index contributed by atoms with van der Waals surface area (Å²) in [4.78, 5) is 0. The Bertz CT molecular complexity index is 285. The zero-order valence-corrected chi connectivity index (χ0v) is 10.1. The summed E-state index contributed by atoms with van der Waals surface area (Å²) in [7, 11) is 3.21. The van der Waals surface area contributed by atoms with Crippen molar-refractivity contribution >= 4 is 11.6 Å². The standard InChI is InChI=1S/C9H11ClO2.C2H6/c1-6-8(10)4-7(11-2)5-9(6)12-3;1-2/h4-5H,1-3H3;1-2H3. The Kier molecular flexibility index (Phi) is 6.13. The first kappa shape index (κ1) is 13.1. The van der Waals surface area contributed by atoms with E-state index in [1.54, 1.807) is 26.4 Å². The molecule has 1 aromatic carbocycles. The highest BCUT2D eigenvalue weighted by molar-refractivity contribution is 6.31. The van der Waals surface area contributed by atoms with Crippen LogP contribution in [0, 0.1) is 6.92 Å². The van der Waals surface area contributed by atoms with Gasteiger partial charge >= 0.3 is 0 Å². The van der Waals surface area contributed by atoms with Crippen molar-refractivity contribution in [1.82, 2.24) is 0 Å². The molecule has 0 N–H and O–H groups in total. The highest BCUT2D eigenvalue weighted by Gasteiger charge is 2.05. The first-order valence-electron chi connectivity index (χ1n) is 4.57. The number of hydrogen-bond donors (Lipinski definition) is 0. The van der Waals surface area contributed by atoms with Gasteiger partial charge in [-0.3, -0.25) is 0 Å². The number of methoxy groups -OCH3 is 2. The minimum Gasteiger partial charge on any atom is -0.497 e. The summed E-state index contributed by atoms with van der Waals surface area (Å²) in [5.41, 5.74) is 0.931. The Morgan fingerprint density at radius 2 is 1.64 bits per heavy atom. The van der Waals surface area contributed by atoms with Gasteiger partial charge < -0.3 is 9.47 Å². The molecule has 2 nitrogen and oxygen atoms in total. The maximum atomic E-state index is 5.92. The lowest BCUT2D eigenvalue weighted by Crippen LogP contribution is -1.90. The third-order valence-electron chi connectivity index (χ3n) is 1.73. The molecule has 0 bridgehead atoms. The Hall–Kier alpha value is -0.890. The third kappa shape index (κ3) is 3.11. The van der Waals surface area contributed by atoms with E-state index >= 15 is 0 Å². The fourth-order valence-electron chi connectivity index (χ4n) is 0.960. The summed E-state index contributed by atoms with van der Waals surface area (Å²) in [5, 5.41) is 0.659. The molecule has 0 saturated carbocycles. The molecule has 0 aliphatic heterocycles. The van der Waals surface area contributed by atoms with Gasteiger partial charge in [0.25, 0.3) is 0 Å². The number of hydrogen-bond acceptors (Lipinski definition) is 2. The molecule has 0 fully saturated rings. The fourth-order valence-corrected chi connectivity index (χ4v) is 1.16. The van der Waals surface area contributed by atoms with Crippen molar-refractivity contribution in [1.29, 1.82) is 0 Å². The van der Waals surface area contributed by atoms with Gasteiger partial charge in [0, 0.05) is 11.6 Å². The first-order chi connectivity index (χ1) is 6.69. The molecular weight excluding hydrogens is 200 g/mol. The average molecular weight is 217 g/mol. The quantitative estimate of drug-likeness (QED) is 0.751. The van der Waals surface area contributed by atoms with Crippen LogP contribution in [0.25, 0.3) is 0 Å². The SMILES string of the molecule is CC.COc1cc(Cl)c(C)c(OC)c1. The van der Waals surface area contributed by atoms with E-state index in [9.17, 15) is 0 Å². The summed E-state index contributed by atoms with van der Waals surface area (Å²) in [6.45, 7) is 5.90. The van der Waals surface area contributed by atoms with Crippen molar-refractivity contribution in [3.63, 3.8) is 0 Å². The van der Waals surface area contributed by atoms with Gasteiger partial charge in [0.2, 0.25) is 0 Å². The summed E-state index contributed by atoms with van der Waals surface area (Å²) >= 11 is 5.92. The molecule has 0 atom stereocenters. The lowest BCUT2D eigenvalue weighted by Gasteiger charge is -2.08.